The molecule has 0 radical (unpaired) electrons. The van der Waals surface area contributed by atoms with Crippen LogP contribution in [0.3, 0.4) is 0 Å². The van der Waals surface area contributed by atoms with Gasteiger partial charge in [0.2, 0.25) is 16.0 Å². The largest absolute Gasteiger partial charge is 0.344 e. The van der Waals surface area contributed by atoms with E-state index in [9.17, 15) is 8.42 Å². The summed E-state index contributed by atoms with van der Waals surface area (Å²) in [6.07, 6.45) is 0. The number of piperazine rings is 1. The zero-order chi connectivity index (χ0) is 19.4. The first-order valence-electron chi connectivity index (χ1n) is 8.91. The van der Waals surface area contributed by atoms with Crippen LogP contribution in [0.4, 0.5) is 5.95 Å². The third-order valence-electron chi connectivity index (χ3n) is 4.38. The Kier molecular flexibility index (Phi) is 5.83. The minimum atomic E-state index is -3.43. The number of nitrogens with zero attached hydrogens (tertiary/aromatic N) is 4. The molecule has 0 unspecified atom stereocenters. The van der Waals surface area contributed by atoms with Gasteiger partial charge in [0.25, 0.3) is 0 Å². The van der Waals surface area contributed by atoms with Gasteiger partial charge in [-0.2, -0.15) is 9.41 Å². The Labute approximate surface area is 159 Å². The summed E-state index contributed by atoms with van der Waals surface area (Å²) < 4.78 is 26.9. The lowest BCUT2D eigenvalue weighted by atomic mass is 10.1. The molecule has 144 valence electrons. The van der Waals surface area contributed by atoms with Crippen LogP contribution in [0, 0.1) is 13.8 Å². The molecule has 2 aromatic rings. The molecule has 9 heteroatoms. The van der Waals surface area contributed by atoms with Gasteiger partial charge in [-0.1, -0.05) is 12.1 Å². The fourth-order valence-electron chi connectivity index (χ4n) is 2.96. The molecule has 0 saturated carbocycles. The zero-order valence-electron chi connectivity index (χ0n) is 15.8. The lowest BCUT2D eigenvalue weighted by molar-refractivity contribution is -0.661. The normalized spacial score (nSPS) is 16.3. The zero-order valence-corrected chi connectivity index (χ0v) is 16.6. The monoisotopic (exact) mass is 389 g/mol. The standard InChI is InChI=1S/C18H24N6O2S/c1-13-12-14(2)21-18(20-13)23-22-15(3)16-4-6-17(7-5-16)27(25,26)24-10-8-19-9-11-24/h4-7,12,19H,8-11H2,1-3H3,(H,20,21,23)/p+1/b22-15-. The minimum Gasteiger partial charge on any atom is -0.344 e. The van der Waals surface area contributed by atoms with Gasteiger partial charge < -0.3 is 5.32 Å². The van der Waals surface area contributed by atoms with Crippen molar-refractivity contribution in [1.82, 2.24) is 14.3 Å². The number of nitrogens with two attached hydrogens (primary N) is 1. The van der Waals surface area contributed by atoms with Crippen LogP contribution in [0.2, 0.25) is 0 Å². The Balaban J connectivity index is 1.74. The third kappa shape index (κ3) is 4.68. The van der Waals surface area contributed by atoms with Crippen LogP contribution in [0.15, 0.2) is 40.3 Å². The van der Waals surface area contributed by atoms with Crippen LogP contribution in [0.25, 0.3) is 0 Å². The van der Waals surface area contributed by atoms with E-state index in [2.05, 4.69) is 25.8 Å². The number of rotatable bonds is 5. The van der Waals surface area contributed by atoms with Gasteiger partial charge in [0.15, 0.2) is 0 Å². The fraction of sp³-hybridized carbons (Fsp3) is 0.389. The molecule has 0 bridgehead atoms. The van der Waals surface area contributed by atoms with Crippen molar-refractivity contribution in [2.45, 2.75) is 25.7 Å². The molecule has 27 heavy (non-hydrogen) atoms. The number of anilines is 1. The highest BCUT2D eigenvalue weighted by molar-refractivity contribution is 7.89. The topological polar surface area (TPSA) is 104 Å². The van der Waals surface area contributed by atoms with Gasteiger partial charge in [-0.15, -0.1) is 0 Å². The Bertz CT molecular complexity index is 915. The molecular weight excluding hydrogens is 364 g/mol. The highest BCUT2D eigenvalue weighted by atomic mass is 32.2. The van der Waals surface area contributed by atoms with Crippen molar-refractivity contribution in [2.75, 3.05) is 31.6 Å². The minimum absolute atomic E-state index is 0.312. The molecule has 0 atom stereocenters. The van der Waals surface area contributed by atoms with E-state index in [1.54, 1.807) is 28.6 Å². The maximum Gasteiger partial charge on any atom is 0.243 e. The molecule has 3 N–H and O–H groups in total. The number of hydrogen-bond acceptors (Lipinski definition) is 6. The van der Waals surface area contributed by atoms with E-state index < -0.39 is 10.0 Å². The number of aryl methyl sites for hydroxylation is 2. The first-order chi connectivity index (χ1) is 12.9. The summed E-state index contributed by atoms with van der Waals surface area (Å²) in [6.45, 7) is 8.34. The summed E-state index contributed by atoms with van der Waals surface area (Å²) in [5, 5.41) is 6.43. The molecule has 2 heterocycles. The quantitative estimate of drug-likeness (QED) is 0.572. The van der Waals surface area contributed by atoms with E-state index in [0.717, 1.165) is 30.0 Å². The molecule has 8 nitrogen and oxygen atoms in total. The molecule has 0 spiro atoms. The summed E-state index contributed by atoms with van der Waals surface area (Å²) >= 11 is 0. The lowest BCUT2D eigenvalue weighted by Gasteiger charge is -2.24. The third-order valence-corrected chi connectivity index (χ3v) is 6.29. The van der Waals surface area contributed by atoms with E-state index in [0.29, 0.717) is 29.6 Å². The summed E-state index contributed by atoms with van der Waals surface area (Å²) in [5.74, 6) is 0.438. The van der Waals surface area contributed by atoms with E-state index in [-0.39, 0.29) is 0 Å². The Hall–Kier alpha value is -2.36. The van der Waals surface area contributed by atoms with E-state index in [1.165, 1.54) is 0 Å². The second-order valence-electron chi connectivity index (χ2n) is 6.58. The molecule has 1 saturated heterocycles. The molecule has 0 aliphatic carbocycles. The van der Waals surface area contributed by atoms with Crippen LogP contribution in [0.5, 0.6) is 0 Å². The molecular formula is C18H25N6O2S+. The van der Waals surface area contributed by atoms with E-state index in [4.69, 9.17) is 0 Å². The Morgan fingerprint density at radius 1 is 1.11 bits per heavy atom. The number of nitrogens with one attached hydrogen (secondary N) is 1. The molecule has 1 aromatic heterocycles. The van der Waals surface area contributed by atoms with Crippen molar-refractivity contribution in [3.8, 4) is 0 Å². The average Bonchev–Trinajstić information content (AvgIpc) is 2.66. The van der Waals surface area contributed by atoms with Gasteiger partial charge in [0, 0.05) is 11.4 Å². The highest BCUT2D eigenvalue weighted by Gasteiger charge is 2.27. The van der Waals surface area contributed by atoms with Gasteiger partial charge in [-0.05, 0) is 44.5 Å². The number of hydrazone groups is 1. The van der Waals surface area contributed by atoms with Crippen LogP contribution in [0.1, 0.15) is 23.9 Å². The second kappa shape index (κ2) is 8.12. The SMILES string of the molecule is C/C(=N/Nc1nc(C)cc(C)n1)c1ccc(S(=O)(=O)N2CC[NH2+]CC2)cc1. The molecule has 1 aliphatic rings. The number of sulfonamides is 1. The Morgan fingerprint density at radius 3 is 2.30 bits per heavy atom. The summed E-state index contributed by atoms with van der Waals surface area (Å²) in [7, 11) is -3.43. The highest BCUT2D eigenvalue weighted by Crippen LogP contribution is 2.17. The van der Waals surface area contributed by atoms with Crippen molar-refractivity contribution in [3.05, 3.63) is 47.3 Å². The molecule has 1 aliphatic heterocycles. The number of aromatic nitrogens is 2. The molecule has 0 amide bonds. The fourth-order valence-corrected chi connectivity index (χ4v) is 4.43. The number of benzene rings is 1. The molecule has 3 rings (SSSR count). The van der Waals surface area contributed by atoms with Crippen molar-refractivity contribution in [1.29, 1.82) is 0 Å². The van der Waals surface area contributed by atoms with Gasteiger partial charge in [-0.3, -0.25) is 0 Å². The van der Waals surface area contributed by atoms with Crippen LogP contribution in [-0.2, 0) is 10.0 Å². The van der Waals surface area contributed by atoms with Crippen LogP contribution < -0.4 is 10.7 Å². The van der Waals surface area contributed by atoms with E-state index in [1.807, 2.05) is 26.8 Å². The number of quaternary nitrogens is 1. The summed E-state index contributed by atoms with van der Waals surface area (Å²) in [5.41, 5.74) is 6.13. The van der Waals surface area contributed by atoms with Crippen LogP contribution in [-0.4, -0.2) is 54.6 Å². The first-order valence-corrected chi connectivity index (χ1v) is 10.3. The second-order valence-corrected chi connectivity index (χ2v) is 8.52. The summed E-state index contributed by atoms with van der Waals surface area (Å²) in [4.78, 5) is 8.87. The van der Waals surface area contributed by atoms with Crippen molar-refractivity contribution in [2.24, 2.45) is 5.10 Å². The average molecular weight is 390 g/mol. The van der Waals surface area contributed by atoms with Gasteiger partial charge in [0.1, 0.15) is 0 Å². The first kappa shape index (κ1) is 19.4. The maximum absolute atomic E-state index is 12.7. The molecule has 1 aromatic carbocycles. The van der Waals surface area contributed by atoms with E-state index >= 15 is 0 Å². The maximum atomic E-state index is 12.7. The van der Waals surface area contributed by atoms with Gasteiger partial charge in [0.05, 0.1) is 36.8 Å². The van der Waals surface area contributed by atoms with Crippen molar-refractivity contribution < 1.29 is 13.7 Å². The number of hydrogen-bond donors (Lipinski definition) is 2. The summed E-state index contributed by atoms with van der Waals surface area (Å²) in [6, 6.07) is 8.70. The smallest absolute Gasteiger partial charge is 0.243 e. The predicted octanol–water partition coefficient (Wildman–Crippen LogP) is 0.497. The lowest BCUT2D eigenvalue weighted by Crippen LogP contribution is -2.89. The van der Waals surface area contributed by atoms with Crippen LogP contribution >= 0.6 is 0 Å². The van der Waals surface area contributed by atoms with Gasteiger partial charge >= 0.3 is 0 Å². The van der Waals surface area contributed by atoms with Crippen molar-refractivity contribution in [3.63, 3.8) is 0 Å². The Morgan fingerprint density at radius 2 is 1.70 bits per heavy atom. The predicted molar refractivity (Wildman–Crippen MR) is 104 cm³/mol. The molecule has 1 fully saturated rings. The van der Waals surface area contributed by atoms with Crippen molar-refractivity contribution >= 4 is 21.7 Å². The van der Waals surface area contributed by atoms with Gasteiger partial charge in [-0.25, -0.2) is 23.8 Å².